The van der Waals surface area contributed by atoms with Crippen LogP contribution in [0.25, 0.3) is 0 Å². The normalized spacial score (nSPS) is 12.0. The van der Waals surface area contributed by atoms with Crippen molar-refractivity contribution in [1.29, 1.82) is 0 Å². The molecule has 0 aliphatic heterocycles. The minimum Gasteiger partial charge on any atom is -0.493 e. The fourth-order valence-corrected chi connectivity index (χ4v) is 2.04. The molecule has 0 saturated heterocycles. The van der Waals surface area contributed by atoms with Crippen LogP contribution in [-0.4, -0.2) is 26.4 Å². The molecule has 0 aliphatic carbocycles. The van der Waals surface area contributed by atoms with Gasteiger partial charge in [-0.25, -0.2) is 0 Å². The van der Waals surface area contributed by atoms with Gasteiger partial charge in [-0.3, -0.25) is 0 Å². The SMILES string of the molecule is COc1cc(C(O)Cc2ccoc2)cc(OC)c1OC. The van der Waals surface area contributed by atoms with Crippen LogP contribution in [0.5, 0.6) is 17.2 Å². The Labute approximate surface area is 117 Å². The van der Waals surface area contributed by atoms with Crippen LogP contribution in [0, 0.1) is 0 Å². The average molecular weight is 278 g/mol. The molecular formula is C15H18O5. The molecule has 5 heteroatoms. The van der Waals surface area contributed by atoms with Crippen molar-refractivity contribution in [3.63, 3.8) is 0 Å². The molecule has 1 aromatic carbocycles. The van der Waals surface area contributed by atoms with E-state index in [1.165, 1.54) is 0 Å². The largest absolute Gasteiger partial charge is 0.493 e. The summed E-state index contributed by atoms with van der Waals surface area (Å²) >= 11 is 0. The molecule has 2 aromatic rings. The van der Waals surface area contributed by atoms with E-state index >= 15 is 0 Å². The number of benzene rings is 1. The van der Waals surface area contributed by atoms with Gasteiger partial charge < -0.3 is 23.7 Å². The third kappa shape index (κ3) is 2.88. The second-order valence-electron chi connectivity index (χ2n) is 4.31. The van der Waals surface area contributed by atoms with Gasteiger partial charge in [0.15, 0.2) is 11.5 Å². The lowest BCUT2D eigenvalue weighted by Crippen LogP contribution is -2.03. The molecule has 2 rings (SSSR count). The van der Waals surface area contributed by atoms with Gasteiger partial charge in [0, 0.05) is 6.42 Å². The second-order valence-corrected chi connectivity index (χ2v) is 4.31. The molecule has 108 valence electrons. The maximum atomic E-state index is 10.3. The lowest BCUT2D eigenvalue weighted by atomic mass is 10.0. The van der Waals surface area contributed by atoms with E-state index in [1.807, 2.05) is 6.07 Å². The van der Waals surface area contributed by atoms with E-state index in [9.17, 15) is 5.11 Å². The molecular weight excluding hydrogens is 260 g/mol. The lowest BCUT2D eigenvalue weighted by Gasteiger charge is -2.16. The highest BCUT2D eigenvalue weighted by Crippen LogP contribution is 2.40. The molecule has 0 radical (unpaired) electrons. The third-order valence-electron chi connectivity index (χ3n) is 3.08. The molecule has 0 spiro atoms. The van der Waals surface area contributed by atoms with Gasteiger partial charge in [-0.05, 0) is 29.3 Å². The summed E-state index contributed by atoms with van der Waals surface area (Å²) in [5.74, 6) is 1.55. The van der Waals surface area contributed by atoms with Crippen LogP contribution in [0.3, 0.4) is 0 Å². The molecule has 1 heterocycles. The summed E-state index contributed by atoms with van der Waals surface area (Å²) in [6, 6.07) is 5.30. The second kappa shape index (κ2) is 6.34. The molecule has 1 aromatic heterocycles. The van der Waals surface area contributed by atoms with Crippen LogP contribution in [0.15, 0.2) is 35.1 Å². The Bertz CT molecular complexity index is 522. The lowest BCUT2D eigenvalue weighted by molar-refractivity contribution is 0.177. The molecule has 0 bridgehead atoms. The number of hydrogen-bond donors (Lipinski definition) is 1. The van der Waals surface area contributed by atoms with E-state index < -0.39 is 6.10 Å². The van der Waals surface area contributed by atoms with Gasteiger partial charge in [-0.15, -0.1) is 0 Å². The van der Waals surface area contributed by atoms with E-state index in [-0.39, 0.29) is 0 Å². The molecule has 20 heavy (non-hydrogen) atoms. The van der Waals surface area contributed by atoms with Gasteiger partial charge in [0.1, 0.15) is 0 Å². The first-order valence-corrected chi connectivity index (χ1v) is 6.18. The average Bonchev–Trinajstić information content (AvgIpc) is 2.98. The van der Waals surface area contributed by atoms with E-state index in [4.69, 9.17) is 18.6 Å². The quantitative estimate of drug-likeness (QED) is 0.880. The Morgan fingerprint density at radius 3 is 2.20 bits per heavy atom. The zero-order valence-corrected chi connectivity index (χ0v) is 11.8. The van der Waals surface area contributed by atoms with E-state index in [1.54, 1.807) is 46.0 Å². The summed E-state index contributed by atoms with van der Waals surface area (Å²) in [6.07, 6.45) is 2.97. The first kappa shape index (κ1) is 14.3. The number of aliphatic hydroxyl groups is 1. The molecule has 0 saturated carbocycles. The van der Waals surface area contributed by atoms with Gasteiger partial charge in [0.2, 0.25) is 5.75 Å². The number of methoxy groups -OCH3 is 3. The Balaban J connectivity index is 2.31. The Morgan fingerprint density at radius 2 is 1.75 bits per heavy atom. The number of rotatable bonds is 6. The fraction of sp³-hybridized carbons (Fsp3) is 0.333. The van der Waals surface area contributed by atoms with Gasteiger partial charge >= 0.3 is 0 Å². The highest BCUT2D eigenvalue weighted by atomic mass is 16.5. The van der Waals surface area contributed by atoms with E-state index in [0.29, 0.717) is 29.2 Å². The smallest absolute Gasteiger partial charge is 0.203 e. The maximum Gasteiger partial charge on any atom is 0.203 e. The first-order chi connectivity index (χ1) is 9.69. The van der Waals surface area contributed by atoms with Crippen LogP contribution in [-0.2, 0) is 6.42 Å². The Morgan fingerprint density at radius 1 is 1.10 bits per heavy atom. The molecule has 0 aliphatic rings. The predicted molar refractivity (Wildman–Crippen MR) is 73.5 cm³/mol. The zero-order valence-electron chi connectivity index (χ0n) is 11.8. The van der Waals surface area contributed by atoms with Crippen molar-refractivity contribution in [2.24, 2.45) is 0 Å². The minimum absolute atomic E-state index is 0.454. The monoisotopic (exact) mass is 278 g/mol. The van der Waals surface area contributed by atoms with Gasteiger partial charge in [0.25, 0.3) is 0 Å². The first-order valence-electron chi connectivity index (χ1n) is 6.18. The van der Waals surface area contributed by atoms with Gasteiger partial charge in [0.05, 0.1) is 40.0 Å². The summed E-state index contributed by atoms with van der Waals surface area (Å²) in [4.78, 5) is 0. The molecule has 1 unspecified atom stereocenters. The molecule has 1 N–H and O–H groups in total. The fourth-order valence-electron chi connectivity index (χ4n) is 2.04. The van der Waals surface area contributed by atoms with E-state index in [2.05, 4.69) is 0 Å². The van der Waals surface area contributed by atoms with E-state index in [0.717, 1.165) is 5.56 Å². The number of furan rings is 1. The number of ether oxygens (including phenoxy) is 3. The van der Waals surface area contributed by atoms with Crippen molar-refractivity contribution in [2.75, 3.05) is 21.3 Å². The standard InChI is InChI=1S/C15H18O5/c1-17-13-7-11(8-14(18-2)15(13)19-3)12(16)6-10-4-5-20-9-10/h4-5,7-9,12,16H,6H2,1-3H3. The summed E-state index contributed by atoms with van der Waals surface area (Å²) in [5, 5.41) is 10.3. The van der Waals surface area contributed by atoms with Crippen LogP contribution in [0.4, 0.5) is 0 Å². The van der Waals surface area contributed by atoms with Crippen molar-refractivity contribution in [1.82, 2.24) is 0 Å². The topological polar surface area (TPSA) is 61.1 Å². The summed E-state index contributed by atoms with van der Waals surface area (Å²) in [7, 11) is 4.63. The van der Waals surface area contributed by atoms with Crippen molar-refractivity contribution in [3.05, 3.63) is 41.9 Å². The zero-order chi connectivity index (χ0) is 14.5. The highest BCUT2D eigenvalue weighted by molar-refractivity contribution is 5.54. The third-order valence-corrected chi connectivity index (χ3v) is 3.08. The van der Waals surface area contributed by atoms with Crippen molar-refractivity contribution < 1.29 is 23.7 Å². The molecule has 0 fully saturated rings. The van der Waals surface area contributed by atoms with Crippen molar-refractivity contribution in [2.45, 2.75) is 12.5 Å². The highest BCUT2D eigenvalue weighted by Gasteiger charge is 2.17. The Kier molecular flexibility index (Phi) is 4.53. The van der Waals surface area contributed by atoms with Gasteiger partial charge in [-0.2, -0.15) is 0 Å². The number of hydrogen-bond acceptors (Lipinski definition) is 5. The van der Waals surface area contributed by atoms with Crippen LogP contribution in [0.1, 0.15) is 17.2 Å². The van der Waals surface area contributed by atoms with Crippen LogP contribution in [0.2, 0.25) is 0 Å². The van der Waals surface area contributed by atoms with Crippen LogP contribution >= 0.6 is 0 Å². The summed E-state index contributed by atoms with van der Waals surface area (Å²) in [6.45, 7) is 0. The maximum absolute atomic E-state index is 10.3. The Hall–Kier alpha value is -2.14. The molecule has 0 amide bonds. The number of aliphatic hydroxyl groups excluding tert-OH is 1. The van der Waals surface area contributed by atoms with Gasteiger partial charge in [-0.1, -0.05) is 0 Å². The molecule has 5 nitrogen and oxygen atoms in total. The summed E-state index contributed by atoms with van der Waals surface area (Å²) < 4.78 is 20.8. The molecule has 1 atom stereocenters. The minimum atomic E-state index is -0.679. The predicted octanol–water partition coefficient (Wildman–Crippen LogP) is 2.58. The van der Waals surface area contributed by atoms with Crippen molar-refractivity contribution >= 4 is 0 Å². The summed E-state index contributed by atoms with van der Waals surface area (Å²) in [5.41, 5.74) is 1.62. The van der Waals surface area contributed by atoms with Crippen LogP contribution < -0.4 is 14.2 Å². The van der Waals surface area contributed by atoms with Crippen molar-refractivity contribution in [3.8, 4) is 17.2 Å².